The number of benzene rings is 2. The molecule has 0 aromatic heterocycles. The summed E-state index contributed by atoms with van der Waals surface area (Å²) in [5.41, 5.74) is 6.61. The van der Waals surface area contributed by atoms with E-state index < -0.39 is 11.6 Å². The molecule has 5 heteroatoms. The van der Waals surface area contributed by atoms with Gasteiger partial charge in [-0.25, -0.2) is 4.39 Å². The van der Waals surface area contributed by atoms with Crippen LogP contribution in [0.3, 0.4) is 0 Å². The predicted octanol–water partition coefficient (Wildman–Crippen LogP) is 3.05. The van der Waals surface area contributed by atoms with E-state index in [1.165, 1.54) is 19.2 Å². The number of ether oxygens (including phenoxy) is 2. The molecule has 0 amide bonds. The Bertz CT molecular complexity index is 671. The van der Waals surface area contributed by atoms with Crippen LogP contribution in [0.4, 0.5) is 10.1 Å². The van der Waals surface area contributed by atoms with E-state index in [9.17, 15) is 9.18 Å². The molecule has 2 rings (SSSR count). The summed E-state index contributed by atoms with van der Waals surface area (Å²) in [6.07, 6.45) is 0. The third-order valence-electron chi connectivity index (χ3n) is 2.98. The van der Waals surface area contributed by atoms with E-state index in [0.717, 1.165) is 6.07 Å². The van der Waals surface area contributed by atoms with Crippen molar-refractivity contribution in [3.63, 3.8) is 0 Å². The molecule has 2 N–H and O–H groups in total. The molecule has 0 saturated heterocycles. The quantitative estimate of drug-likeness (QED) is 0.679. The summed E-state index contributed by atoms with van der Waals surface area (Å²) in [6, 6.07) is 8.67. The van der Waals surface area contributed by atoms with Gasteiger partial charge in [-0.1, -0.05) is 6.07 Å². The predicted molar refractivity (Wildman–Crippen MR) is 78.4 cm³/mol. The molecule has 0 spiro atoms. The van der Waals surface area contributed by atoms with Gasteiger partial charge in [-0.2, -0.15) is 0 Å². The number of methoxy groups -OCH3 is 1. The van der Waals surface area contributed by atoms with Crippen LogP contribution in [-0.4, -0.2) is 19.5 Å². The van der Waals surface area contributed by atoms with Crippen LogP contribution in [0.5, 0.6) is 11.5 Å². The molecule has 0 atom stereocenters. The highest BCUT2D eigenvalue weighted by molar-refractivity contribution is 6.13. The molecule has 0 fully saturated rings. The minimum atomic E-state index is -0.513. The highest BCUT2D eigenvalue weighted by Crippen LogP contribution is 2.31. The van der Waals surface area contributed by atoms with Crippen molar-refractivity contribution in [1.29, 1.82) is 0 Å². The topological polar surface area (TPSA) is 61.5 Å². The van der Waals surface area contributed by atoms with E-state index in [0.29, 0.717) is 23.8 Å². The van der Waals surface area contributed by atoms with E-state index in [-0.39, 0.29) is 11.1 Å². The maximum absolute atomic E-state index is 13.4. The molecule has 0 radical (unpaired) electrons. The van der Waals surface area contributed by atoms with Crippen LogP contribution in [-0.2, 0) is 0 Å². The van der Waals surface area contributed by atoms with Gasteiger partial charge in [-0.05, 0) is 37.3 Å². The van der Waals surface area contributed by atoms with Gasteiger partial charge >= 0.3 is 0 Å². The Morgan fingerprint density at radius 2 is 2.00 bits per heavy atom. The van der Waals surface area contributed by atoms with Crippen LogP contribution in [0, 0.1) is 5.82 Å². The number of hydrogen-bond acceptors (Lipinski definition) is 4. The summed E-state index contributed by atoms with van der Waals surface area (Å²) >= 11 is 0. The zero-order valence-electron chi connectivity index (χ0n) is 11.9. The monoisotopic (exact) mass is 289 g/mol. The maximum atomic E-state index is 13.4. The van der Waals surface area contributed by atoms with E-state index in [4.69, 9.17) is 15.2 Å². The van der Waals surface area contributed by atoms with Crippen molar-refractivity contribution in [3.8, 4) is 11.5 Å². The lowest BCUT2D eigenvalue weighted by Gasteiger charge is -2.13. The lowest BCUT2D eigenvalue weighted by atomic mass is 10.0. The second-order valence-corrected chi connectivity index (χ2v) is 4.33. The van der Waals surface area contributed by atoms with Crippen molar-refractivity contribution in [2.24, 2.45) is 0 Å². The highest BCUT2D eigenvalue weighted by Gasteiger charge is 2.20. The standard InChI is InChI=1S/C16H16FNO3/c1-3-21-16-11(5-4-6-13(16)18)15(19)12-9-10(17)7-8-14(12)20-2/h4-9H,3,18H2,1-2H3. The van der Waals surface area contributed by atoms with Gasteiger partial charge in [0.15, 0.2) is 5.75 Å². The number of ketones is 1. The van der Waals surface area contributed by atoms with Gasteiger partial charge in [0.05, 0.1) is 30.5 Å². The lowest BCUT2D eigenvalue weighted by Crippen LogP contribution is -2.09. The van der Waals surface area contributed by atoms with E-state index in [2.05, 4.69) is 0 Å². The van der Waals surface area contributed by atoms with E-state index in [1.54, 1.807) is 25.1 Å². The summed E-state index contributed by atoms with van der Waals surface area (Å²) in [6.45, 7) is 2.16. The van der Waals surface area contributed by atoms with Crippen LogP contribution < -0.4 is 15.2 Å². The molecule has 110 valence electrons. The molecule has 0 heterocycles. The molecule has 4 nitrogen and oxygen atoms in total. The average Bonchev–Trinajstić information content (AvgIpc) is 2.48. The second-order valence-electron chi connectivity index (χ2n) is 4.33. The van der Waals surface area contributed by atoms with Crippen LogP contribution in [0.25, 0.3) is 0 Å². The summed E-state index contributed by atoms with van der Waals surface area (Å²) in [4.78, 5) is 12.6. The molecule has 0 aliphatic carbocycles. The fourth-order valence-corrected chi connectivity index (χ4v) is 2.04. The largest absolute Gasteiger partial charge is 0.496 e. The molecule has 0 aliphatic rings. The Kier molecular flexibility index (Phi) is 4.42. The zero-order chi connectivity index (χ0) is 15.4. The third-order valence-corrected chi connectivity index (χ3v) is 2.98. The Hall–Kier alpha value is -2.56. The molecule has 2 aromatic carbocycles. The van der Waals surface area contributed by atoms with Crippen LogP contribution in [0.1, 0.15) is 22.8 Å². The SMILES string of the molecule is CCOc1c(N)cccc1C(=O)c1cc(F)ccc1OC. The Balaban J connectivity index is 2.55. The minimum Gasteiger partial charge on any atom is -0.496 e. The molecule has 0 bridgehead atoms. The molecule has 2 aromatic rings. The van der Waals surface area contributed by atoms with Crippen molar-refractivity contribution < 1.29 is 18.7 Å². The third kappa shape index (κ3) is 2.97. The zero-order valence-corrected chi connectivity index (χ0v) is 11.9. The number of rotatable bonds is 5. The first kappa shape index (κ1) is 14.8. The maximum Gasteiger partial charge on any atom is 0.200 e. The number of carbonyl (C=O) groups excluding carboxylic acids is 1. The number of nitrogens with two attached hydrogens (primary N) is 1. The number of carbonyl (C=O) groups is 1. The van der Waals surface area contributed by atoms with E-state index >= 15 is 0 Å². The van der Waals surface area contributed by atoms with Crippen LogP contribution >= 0.6 is 0 Å². The molecular formula is C16H16FNO3. The smallest absolute Gasteiger partial charge is 0.200 e. The van der Waals surface area contributed by atoms with Gasteiger partial charge in [0, 0.05) is 0 Å². The first-order valence-electron chi connectivity index (χ1n) is 6.48. The summed E-state index contributed by atoms with van der Waals surface area (Å²) in [5.74, 6) is -0.314. The van der Waals surface area contributed by atoms with Gasteiger partial charge in [-0.15, -0.1) is 0 Å². The molecule has 21 heavy (non-hydrogen) atoms. The Morgan fingerprint density at radius 3 is 2.67 bits per heavy atom. The number of para-hydroxylation sites is 1. The average molecular weight is 289 g/mol. The summed E-state index contributed by atoms with van der Waals surface area (Å²) < 4.78 is 24.0. The summed E-state index contributed by atoms with van der Waals surface area (Å²) in [7, 11) is 1.42. The number of nitrogen functional groups attached to an aromatic ring is 1. The fourth-order valence-electron chi connectivity index (χ4n) is 2.04. The van der Waals surface area contributed by atoms with E-state index in [1.807, 2.05) is 0 Å². The summed E-state index contributed by atoms with van der Waals surface area (Å²) in [5, 5.41) is 0. The van der Waals surface area contributed by atoms with Gasteiger partial charge in [0.1, 0.15) is 11.6 Å². The van der Waals surface area contributed by atoms with Gasteiger partial charge in [0.2, 0.25) is 5.78 Å². The molecule has 0 saturated carbocycles. The molecule has 0 unspecified atom stereocenters. The van der Waals surface area contributed by atoms with Gasteiger partial charge in [-0.3, -0.25) is 4.79 Å². The van der Waals surface area contributed by atoms with Crippen molar-refractivity contribution in [2.45, 2.75) is 6.92 Å². The second kappa shape index (κ2) is 6.26. The van der Waals surface area contributed by atoms with Gasteiger partial charge in [0.25, 0.3) is 0 Å². The van der Waals surface area contributed by atoms with Crippen molar-refractivity contribution in [3.05, 3.63) is 53.3 Å². The lowest BCUT2D eigenvalue weighted by molar-refractivity contribution is 0.103. The Labute approximate surface area is 122 Å². The normalized spacial score (nSPS) is 10.2. The van der Waals surface area contributed by atoms with Crippen LogP contribution in [0.15, 0.2) is 36.4 Å². The molecule has 0 aliphatic heterocycles. The number of anilines is 1. The number of halogens is 1. The highest BCUT2D eigenvalue weighted by atomic mass is 19.1. The van der Waals surface area contributed by atoms with Crippen LogP contribution in [0.2, 0.25) is 0 Å². The van der Waals surface area contributed by atoms with Crippen molar-refractivity contribution in [2.75, 3.05) is 19.5 Å². The van der Waals surface area contributed by atoms with Gasteiger partial charge < -0.3 is 15.2 Å². The van der Waals surface area contributed by atoms with Crippen molar-refractivity contribution >= 4 is 11.5 Å². The fraction of sp³-hybridized carbons (Fsp3) is 0.188. The number of hydrogen-bond donors (Lipinski definition) is 1. The Morgan fingerprint density at radius 1 is 1.24 bits per heavy atom. The first-order chi connectivity index (χ1) is 10.1. The molecular weight excluding hydrogens is 273 g/mol. The van der Waals surface area contributed by atoms with Crippen molar-refractivity contribution in [1.82, 2.24) is 0 Å². The minimum absolute atomic E-state index is 0.129. The first-order valence-corrected chi connectivity index (χ1v) is 6.48.